The van der Waals surface area contributed by atoms with Gasteiger partial charge in [0.25, 0.3) is 0 Å². The molecule has 0 fully saturated rings. The van der Waals surface area contributed by atoms with Gasteiger partial charge in [0.15, 0.2) is 23.0 Å². The molecular formula is C12H6Cl2N4O3S2. The number of rotatable bonds is 4. The summed E-state index contributed by atoms with van der Waals surface area (Å²) in [7, 11) is 0. The molecule has 3 aromatic heterocycles. The number of hydrogen-bond acceptors (Lipinski definition) is 8. The molecule has 0 aliphatic heterocycles. The quantitative estimate of drug-likeness (QED) is 0.316. The van der Waals surface area contributed by atoms with Crippen molar-refractivity contribution in [3.8, 4) is 10.6 Å². The predicted octanol–water partition coefficient (Wildman–Crippen LogP) is 3.64. The molecule has 0 atom stereocenters. The van der Waals surface area contributed by atoms with E-state index in [1.807, 2.05) is 17.5 Å². The zero-order valence-electron chi connectivity index (χ0n) is 11.0. The van der Waals surface area contributed by atoms with E-state index in [4.69, 9.17) is 33.5 Å². The van der Waals surface area contributed by atoms with Crippen LogP contribution in [0.2, 0.25) is 9.36 Å². The van der Waals surface area contributed by atoms with E-state index >= 15 is 0 Å². The summed E-state index contributed by atoms with van der Waals surface area (Å²) < 4.78 is 9.11. The third-order valence-corrected chi connectivity index (χ3v) is 5.05. The van der Waals surface area contributed by atoms with Crippen molar-refractivity contribution in [2.45, 2.75) is 0 Å². The van der Waals surface area contributed by atoms with Gasteiger partial charge in [-0.1, -0.05) is 39.6 Å². The minimum Gasteiger partial charge on any atom is -0.379 e. The maximum Gasteiger partial charge on any atom is 0.386 e. The molecule has 3 aromatic rings. The second-order valence-electron chi connectivity index (χ2n) is 4.03. The average molecular weight is 389 g/mol. The summed E-state index contributed by atoms with van der Waals surface area (Å²) in [4.78, 5) is 17.4. The fourth-order valence-corrected chi connectivity index (χ4v) is 3.15. The van der Waals surface area contributed by atoms with Crippen LogP contribution >= 0.6 is 46.1 Å². The normalized spacial score (nSPS) is 11.7. The Kier molecular flexibility index (Phi) is 4.62. The molecule has 0 bridgehead atoms. The molecule has 118 valence electrons. The Morgan fingerprint density at radius 1 is 1.43 bits per heavy atom. The van der Waals surface area contributed by atoms with E-state index < -0.39 is 5.97 Å². The minimum atomic E-state index is -0.872. The number of thiophene rings is 1. The summed E-state index contributed by atoms with van der Waals surface area (Å²) in [5.74, 6) is -0.459. The third kappa shape index (κ3) is 3.37. The highest BCUT2D eigenvalue weighted by Crippen LogP contribution is 2.30. The van der Waals surface area contributed by atoms with E-state index in [9.17, 15) is 4.79 Å². The lowest BCUT2D eigenvalue weighted by atomic mass is 10.3. The second kappa shape index (κ2) is 6.67. The molecule has 0 aliphatic rings. The van der Waals surface area contributed by atoms with Gasteiger partial charge in [0, 0.05) is 6.07 Å². The van der Waals surface area contributed by atoms with Crippen molar-refractivity contribution in [3.05, 3.63) is 44.3 Å². The van der Waals surface area contributed by atoms with Crippen LogP contribution < -0.4 is 5.73 Å². The molecule has 7 nitrogen and oxygen atoms in total. The third-order valence-electron chi connectivity index (χ3n) is 2.55. The predicted molar refractivity (Wildman–Crippen MR) is 88.1 cm³/mol. The maximum absolute atomic E-state index is 11.8. The largest absolute Gasteiger partial charge is 0.386 e. The van der Waals surface area contributed by atoms with Crippen molar-refractivity contribution in [3.63, 3.8) is 0 Å². The lowest BCUT2D eigenvalue weighted by Crippen LogP contribution is -2.15. The van der Waals surface area contributed by atoms with Crippen molar-refractivity contribution in [2.75, 3.05) is 0 Å². The molecule has 0 saturated carbocycles. The van der Waals surface area contributed by atoms with Crippen molar-refractivity contribution >= 4 is 57.9 Å². The van der Waals surface area contributed by atoms with Gasteiger partial charge in [-0.15, -0.1) is 11.3 Å². The van der Waals surface area contributed by atoms with Crippen LogP contribution in [-0.4, -0.2) is 21.3 Å². The SMILES string of the molecule is NC(=NOC(=O)c1nsc(Cl)c1Cl)c1cc(-c2cccs2)on1. The molecular weight excluding hydrogens is 383 g/mol. The molecule has 3 rings (SSSR count). The van der Waals surface area contributed by atoms with E-state index in [1.165, 1.54) is 11.3 Å². The number of amidine groups is 1. The molecule has 0 amide bonds. The van der Waals surface area contributed by atoms with E-state index in [1.54, 1.807) is 6.07 Å². The van der Waals surface area contributed by atoms with Crippen molar-refractivity contribution < 1.29 is 14.2 Å². The van der Waals surface area contributed by atoms with Crippen LogP contribution in [0.25, 0.3) is 10.6 Å². The van der Waals surface area contributed by atoms with Gasteiger partial charge in [0.2, 0.25) is 0 Å². The first-order chi connectivity index (χ1) is 11.1. The van der Waals surface area contributed by atoms with Gasteiger partial charge in [0.1, 0.15) is 9.36 Å². The van der Waals surface area contributed by atoms with Gasteiger partial charge < -0.3 is 15.1 Å². The first-order valence-corrected chi connectivity index (χ1v) is 8.33. The Balaban J connectivity index is 1.73. The molecule has 11 heteroatoms. The Hall–Kier alpha value is -1.94. The summed E-state index contributed by atoms with van der Waals surface area (Å²) in [6.45, 7) is 0. The molecule has 2 N–H and O–H groups in total. The zero-order valence-corrected chi connectivity index (χ0v) is 14.2. The van der Waals surface area contributed by atoms with Gasteiger partial charge in [-0.3, -0.25) is 0 Å². The fraction of sp³-hybridized carbons (Fsp3) is 0. The number of oxime groups is 1. The Morgan fingerprint density at radius 2 is 2.26 bits per heavy atom. The molecule has 0 saturated heterocycles. The Bertz CT molecular complexity index is 873. The van der Waals surface area contributed by atoms with E-state index in [0.717, 1.165) is 16.4 Å². The molecule has 0 spiro atoms. The maximum atomic E-state index is 11.8. The number of hydrogen-bond donors (Lipinski definition) is 1. The molecule has 0 aliphatic carbocycles. The van der Waals surface area contributed by atoms with Gasteiger partial charge in [-0.25, -0.2) is 4.79 Å². The first kappa shape index (κ1) is 15.9. The lowest BCUT2D eigenvalue weighted by Gasteiger charge is -1.96. The average Bonchev–Trinajstić information content (AvgIpc) is 3.26. The van der Waals surface area contributed by atoms with Gasteiger partial charge in [-0.2, -0.15) is 4.37 Å². The highest BCUT2D eigenvalue weighted by Gasteiger charge is 2.20. The molecule has 0 aromatic carbocycles. The number of halogens is 2. The van der Waals surface area contributed by atoms with Crippen LogP contribution in [0.4, 0.5) is 0 Å². The molecule has 0 radical (unpaired) electrons. The molecule has 23 heavy (non-hydrogen) atoms. The summed E-state index contributed by atoms with van der Waals surface area (Å²) in [5.41, 5.74) is 5.82. The first-order valence-electron chi connectivity index (χ1n) is 5.92. The molecule has 0 unspecified atom stereocenters. The Labute approximate surface area is 147 Å². The summed E-state index contributed by atoms with van der Waals surface area (Å²) in [6.07, 6.45) is 0. The van der Waals surface area contributed by atoms with Crippen LogP contribution in [-0.2, 0) is 4.84 Å². The van der Waals surface area contributed by atoms with Gasteiger partial charge in [0.05, 0.1) is 4.88 Å². The van der Waals surface area contributed by atoms with E-state index in [2.05, 4.69) is 19.5 Å². The standard InChI is InChI=1S/C12H6Cl2N4O3S2/c13-8-9(18-23-10(8)14)12(19)21-17-11(15)5-4-6(20-16-5)7-2-1-3-22-7/h1-4H,(H2,15,17). The summed E-state index contributed by atoms with van der Waals surface area (Å²) >= 11 is 13.9. The van der Waals surface area contributed by atoms with Crippen LogP contribution in [0, 0.1) is 0 Å². The number of nitrogens with two attached hydrogens (primary N) is 1. The highest BCUT2D eigenvalue weighted by molar-refractivity contribution is 7.13. The van der Waals surface area contributed by atoms with Crippen molar-refractivity contribution in [2.24, 2.45) is 10.9 Å². The Morgan fingerprint density at radius 3 is 2.91 bits per heavy atom. The topological polar surface area (TPSA) is 104 Å². The monoisotopic (exact) mass is 388 g/mol. The van der Waals surface area contributed by atoms with Crippen LogP contribution in [0.5, 0.6) is 0 Å². The van der Waals surface area contributed by atoms with E-state index in [0.29, 0.717) is 5.76 Å². The van der Waals surface area contributed by atoms with Gasteiger partial charge >= 0.3 is 5.97 Å². The van der Waals surface area contributed by atoms with Crippen LogP contribution in [0.1, 0.15) is 16.2 Å². The minimum absolute atomic E-state index is 0.0110. The van der Waals surface area contributed by atoms with Crippen molar-refractivity contribution in [1.29, 1.82) is 0 Å². The highest BCUT2D eigenvalue weighted by atomic mass is 35.5. The number of nitrogens with zero attached hydrogens (tertiary/aromatic N) is 3. The van der Waals surface area contributed by atoms with Crippen LogP contribution in [0.15, 0.2) is 33.3 Å². The number of carbonyl (C=O) groups is 1. The van der Waals surface area contributed by atoms with Gasteiger partial charge in [-0.05, 0) is 23.0 Å². The zero-order chi connectivity index (χ0) is 16.4. The van der Waals surface area contributed by atoms with E-state index in [-0.39, 0.29) is 26.6 Å². The summed E-state index contributed by atoms with van der Waals surface area (Å²) in [6, 6.07) is 5.34. The number of aromatic nitrogens is 2. The second-order valence-corrected chi connectivity index (χ2v) is 6.73. The fourth-order valence-electron chi connectivity index (χ4n) is 1.50. The lowest BCUT2D eigenvalue weighted by molar-refractivity contribution is 0.0510. The smallest absolute Gasteiger partial charge is 0.379 e. The number of carbonyl (C=O) groups excluding carboxylic acids is 1. The van der Waals surface area contributed by atoms with Crippen LogP contribution in [0.3, 0.4) is 0 Å². The summed E-state index contributed by atoms with van der Waals surface area (Å²) in [5, 5.41) is 9.19. The molecule has 3 heterocycles. The van der Waals surface area contributed by atoms with Crippen molar-refractivity contribution in [1.82, 2.24) is 9.53 Å².